The van der Waals surface area contributed by atoms with Gasteiger partial charge in [0.15, 0.2) is 11.7 Å². The molecule has 2 unspecified atom stereocenters. The highest BCUT2D eigenvalue weighted by Gasteiger charge is 2.44. The lowest BCUT2D eigenvalue weighted by Crippen LogP contribution is -2.55. The molecule has 1 N–H and O–H groups in total. The molecule has 6 heteroatoms. The molecule has 4 rings (SSSR count). The number of hydroxylamine groups is 3. The standard InChI is InChI=1S/C27H33N3O3/c1-18(2)15-24-26(32-17-20-11-7-6-8-12-20)29-25(27(30(24,5)31)33-19(3)4)22-16-28-23-14-10-9-13-21(22)23/h6-14,16,18-19,24,28H,15,17H2,1-5H3. The predicted molar refractivity (Wildman–Crippen MR) is 133 cm³/mol. The van der Waals surface area contributed by atoms with E-state index in [1.54, 1.807) is 7.05 Å². The Morgan fingerprint density at radius 1 is 1.03 bits per heavy atom. The molecule has 2 heterocycles. The van der Waals surface area contributed by atoms with Crippen molar-refractivity contribution in [1.82, 2.24) is 4.98 Å². The number of hydrogen-bond acceptors (Lipinski definition) is 4. The maximum Gasteiger partial charge on any atom is 0.319 e. The number of ether oxygens (including phenoxy) is 2. The molecular weight excluding hydrogens is 414 g/mol. The Bertz CT molecular complexity index is 1160. The largest absolute Gasteiger partial charge is 0.625 e. The third kappa shape index (κ3) is 4.82. The van der Waals surface area contributed by atoms with Crippen LogP contribution < -0.4 is 0 Å². The highest BCUT2D eigenvalue weighted by atomic mass is 16.6. The van der Waals surface area contributed by atoms with Gasteiger partial charge in [-0.1, -0.05) is 62.4 Å². The predicted octanol–water partition coefficient (Wildman–Crippen LogP) is 6.21. The molecule has 2 aromatic carbocycles. The zero-order chi connectivity index (χ0) is 23.6. The van der Waals surface area contributed by atoms with E-state index in [1.807, 2.05) is 74.6 Å². The first-order valence-electron chi connectivity index (χ1n) is 11.6. The Morgan fingerprint density at radius 3 is 2.42 bits per heavy atom. The van der Waals surface area contributed by atoms with Gasteiger partial charge in [0.2, 0.25) is 0 Å². The number of fused-ring (bicyclic) bond motifs is 1. The summed E-state index contributed by atoms with van der Waals surface area (Å²) in [5, 5.41) is 15.3. The van der Waals surface area contributed by atoms with Crippen molar-refractivity contribution >= 4 is 22.5 Å². The molecule has 33 heavy (non-hydrogen) atoms. The summed E-state index contributed by atoms with van der Waals surface area (Å²) in [5.41, 5.74) is 3.38. The Balaban J connectivity index is 1.85. The van der Waals surface area contributed by atoms with Crippen molar-refractivity contribution < 1.29 is 14.1 Å². The number of aromatic amines is 1. The molecule has 0 bridgehead atoms. The number of aromatic nitrogens is 1. The van der Waals surface area contributed by atoms with Crippen molar-refractivity contribution in [3.8, 4) is 0 Å². The maximum absolute atomic E-state index is 14.3. The van der Waals surface area contributed by atoms with Gasteiger partial charge in [-0.2, -0.15) is 0 Å². The molecule has 174 valence electrons. The summed E-state index contributed by atoms with van der Waals surface area (Å²) in [4.78, 5) is 8.26. The quantitative estimate of drug-likeness (QED) is 0.346. The number of H-pyrrole nitrogens is 1. The first-order valence-corrected chi connectivity index (χ1v) is 11.6. The summed E-state index contributed by atoms with van der Waals surface area (Å²) >= 11 is 0. The fourth-order valence-corrected chi connectivity index (χ4v) is 4.23. The van der Waals surface area contributed by atoms with Crippen molar-refractivity contribution in [2.75, 3.05) is 7.05 Å². The summed E-state index contributed by atoms with van der Waals surface area (Å²) in [6.45, 7) is 8.44. The van der Waals surface area contributed by atoms with Gasteiger partial charge in [-0.25, -0.2) is 4.99 Å². The second-order valence-electron chi connectivity index (χ2n) is 9.43. The Kier molecular flexibility index (Phi) is 6.58. The molecule has 0 amide bonds. The molecule has 0 saturated heterocycles. The van der Waals surface area contributed by atoms with Gasteiger partial charge < -0.3 is 19.7 Å². The summed E-state index contributed by atoms with van der Waals surface area (Å²) in [6, 6.07) is 17.5. The fourth-order valence-electron chi connectivity index (χ4n) is 4.23. The average Bonchev–Trinajstić information content (AvgIpc) is 3.20. The molecule has 0 spiro atoms. The van der Waals surface area contributed by atoms with Crippen LogP contribution in [0, 0.1) is 11.1 Å². The minimum Gasteiger partial charge on any atom is -0.625 e. The number of aliphatic imine (C=N–C) groups is 1. The van der Waals surface area contributed by atoms with E-state index in [9.17, 15) is 5.21 Å². The molecule has 0 aliphatic carbocycles. The van der Waals surface area contributed by atoms with Crippen LogP contribution in [0.15, 0.2) is 71.7 Å². The molecule has 0 radical (unpaired) electrons. The average molecular weight is 448 g/mol. The summed E-state index contributed by atoms with van der Waals surface area (Å²) in [7, 11) is 1.65. The maximum atomic E-state index is 14.3. The number of para-hydroxylation sites is 1. The Morgan fingerprint density at radius 2 is 1.73 bits per heavy atom. The topological polar surface area (TPSA) is 69.7 Å². The minimum atomic E-state index is -0.696. The van der Waals surface area contributed by atoms with E-state index in [-0.39, 0.29) is 6.10 Å². The number of likely N-dealkylation sites (N-methyl/N-ethyl adjacent to an activating group) is 1. The van der Waals surface area contributed by atoms with E-state index in [4.69, 9.17) is 14.5 Å². The molecule has 1 aliphatic heterocycles. The Hall–Kier alpha value is -3.09. The normalized spacial score (nSPS) is 21.1. The molecule has 3 aromatic rings. The van der Waals surface area contributed by atoms with Gasteiger partial charge >= 0.3 is 5.88 Å². The van der Waals surface area contributed by atoms with Gasteiger partial charge in [0, 0.05) is 29.1 Å². The van der Waals surface area contributed by atoms with Crippen LogP contribution in [-0.2, 0) is 16.1 Å². The zero-order valence-electron chi connectivity index (χ0n) is 20.0. The van der Waals surface area contributed by atoms with Crippen molar-refractivity contribution in [3.63, 3.8) is 0 Å². The SMILES string of the molecule is CC(C)CC1C(OCc2ccccc2)=NC(c2c[nH]c3ccccc23)=C(OC(C)C)[N+]1(C)[O-]. The number of benzene rings is 2. The van der Waals surface area contributed by atoms with Gasteiger partial charge in [0.1, 0.15) is 6.61 Å². The minimum absolute atomic E-state index is 0.159. The third-order valence-corrected chi connectivity index (χ3v) is 5.82. The molecular formula is C27H33N3O3. The van der Waals surface area contributed by atoms with Crippen molar-refractivity contribution in [2.45, 2.75) is 52.9 Å². The first kappa shape index (κ1) is 23.1. The molecule has 0 saturated carbocycles. The van der Waals surface area contributed by atoms with Crippen LogP contribution in [0.1, 0.15) is 45.2 Å². The van der Waals surface area contributed by atoms with E-state index in [0.717, 1.165) is 22.0 Å². The van der Waals surface area contributed by atoms with Gasteiger partial charge in [-0.3, -0.25) is 4.65 Å². The molecule has 0 fully saturated rings. The van der Waals surface area contributed by atoms with Crippen LogP contribution in [0.3, 0.4) is 0 Å². The number of rotatable bonds is 7. The summed E-state index contributed by atoms with van der Waals surface area (Å²) in [5.74, 6) is 1.08. The smallest absolute Gasteiger partial charge is 0.319 e. The van der Waals surface area contributed by atoms with E-state index in [2.05, 4.69) is 18.8 Å². The zero-order valence-corrected chi connectivity index (χ0v) is 20.0. The van der Waals surface area contributed by atoms with Gasteiger partial charge in [0.05, 0.1) is 13.2 Å². The van der Waals surface area contributed by atoms with Gasteiger partial charge in [-0.05, 0) is 31.4 Å². The van der Waals surface area contributed by atoms with Crippen LogP contribution in [0.5, 0.6) is 0 Å². The van der Waals surface area contributed by atoms with Crippen molar-refractivity contribution in [3.05, 3.63) is 83.0 Å². The lowest BCUT2D eigenvalue weighted by atomic mass is 9.99. The van der Waals surface area contributed by atoms with Gasteiger partial charge in [-0.15, -0.1) is 0 Å². The van der Waals surface area contributed by atoms with Crippen LogP contribution in [0.2, 0.25) is 0 Å². The van der Waals surface area contributed by atoms with Crippen molar-refractivity contribution in [1.29, 1.82) is 0 Å². The van der Waals surface area contributed by atoms with E-state index in [0.29, 0.717) is 36.4 Å². The van der Waals surface area contributed by atoms with Crippen LogP contribution in [0.4, 0.5) is 0 Å². The first-order chi connectivity index (χ1) is 15.8. The van der Waals surface area contributed by atoms with E-state index < -0.39 is 10.7 Å². The van der Waals surface area contributed by atoms with E-state index in [1.165, 1.54) is 0 Å². The van der Waals surface area contributed by atoms with Gasteiger partial charge in [0.25, 0.3) is 5.90 Å². The summed E-state index contributed by atoms with van der Waals surface area (Å²) < 4.78 is 11.7. The number of nitrogens with one attached hydrogen (secondary N) is 1. The molecule has 6 nitrogen and oxygen atoms in total. The highest BCUT2D eigenvalue weighted by Crippen LogP contribution is 2.39. The number of hydrogen-bond donors (Lipinski definition) is 1. The van der Waals surface area contributed by atoms with Crippen LogP contribution in [-0.4, -0.2) is 34.7 Å². The second kappa shape index (κ2) is 9.41. The lowest BCUT2D eigenvalue weighted by molar-refractivity contribution is -0.856. The van der Waals surface area contributed by atoms with Crippen LogP contribution in [0.25, 0.3) is 16.6 Å². The highest BCUT2D eigenvalue weighted by molar-refractivity contribution is 5.97. The fraction of sp³-hybridized carbons (Fsp3) is 0.370. The molecule has 1 aliphatic rings. The molecule has 1 aromatic heterocycles. The van der Waals surface area contributed by atoms with Crippen LogP contribution >= 0.6 is 0 Å². The Labute approximate surface area is 195 Å². The summed E-state index contributed by atoms with van der Waals surface area (Å²) in [6.07, 6.45) is 2.37. The van der Waals surface area contributed by atoms with E-state index >= 15 is 0 Å². The van der Waals surface area contributed by atoms with Crippen molar-refractivity contribution in [2.24, 2.45) is 10.9 Å². The number of quaternary nitrogens is 1. The molecule has 2 atom stereocenters. The lowest BCUT2D eigenvalue weighted by Gasteiger charge is -2.47. The third-order valence-electron chi connectivity index (χ3n) is 5.82. The number of nitrogens with zero attached hydrogens (tertiary/aromatic N) is 2. The second-order valence-corrected chi connectivity index (χ2v) is 9.43. The monoisotopic (exact) mass is 447 g/mol.